The number of aromatic nitrogens is 4. The van der Waals surface area contributed by atoms with Crippen molar-refractivity contribution in [2.45, 2.75) is 4.90 Å². The van der Waals surface area contributed by atoms with Gasteiger partial charge in [-0.1, -0.05) is 12.1 Å². The largest absolute Gasteiger partial charge is 0.321 e. The van der Waals surface area contributed by atoms with Crippen molar-refractivity contribution in [2.24, 2.45) is 0 Å². The van der Waals surface area contributed by atoms with E-state index in [0.29, 0.717) is 16.7 Å². The van der Waals surface area contributed by atoms with Crippen molar-refractivity contribution in [3.8, 4) is 0 Å². The summed E-state index contributed by atoms with van der Waals surface area (Å²) < 4.78 is 27.1. The van der Waals surface area contributed by atoms with Crippen LogP contribution in [0.25, 0.3) is 11.0 Å². The maximum absolute atomic E-state index is 12.4. The van der Waals surface area contributed by atoms with Crippen molar-refractivity contribution < 1.29 is 13.2 Å². The highest BCUT2D eigenvalue weighted by atomic mass is 32.2. The van der Waals surface area contributed by atoms with Crippen molar-refractivity contribution in [1.82, 2.24) is 19.9 Å². The molecule has 0 saturated heterocycles. The summed E-state index contributed by atoms with van der Waals surface area (Å²) >= 11 is 0. The van der Waals surface area contributed by atoms with Gasteiger partial charge in [0.15, 0.2) is 0 Å². The fraction of sp³-hybridized carbons (Fsp3) is 0. The topological polar surface area (TPSA) is 127 Å². The van der Waals surface area contributed by atoms with E-state index in [1.54, 1.807) is 18.2 Å². The van der Waals surface area contributed by atoms with E-state index < -0.39 is 15.9 Å². The number of hydrogen-bond acceptors (Lipinski definition) is 7. The monoisotopic (exact) mass is 406 g/mol. The molecular weight excluding hydrogens is 392 g/mol. The van der Waals surface area contributed by atoms with Crippen molar-refractivity contribution in [3.63, 3.8) is 0 Å². The second kappa shape index (κ2) is 7.60. The Labute approximate surface area is 165 Å². The Morgan fingerprint density at radius 2 is 1.52 bits per heavy atom. The van der Waals surface area contributed by atoms with E-state index >= 15 is 0 Å². The second-order valence-electron chi connectivity index (χ2n) is 5.90. The highest BCUT2D eigenvalue weighted by molar-refractivity contribution is 7.92. The molecule has 0 atom stereocenters. The van der Waals surface area contributed by atoms with E-state index in [1.165, 1.54) is 42.9 Å². The molecule has 144 valence electrons. The van der Waals surface area contributed by atoms with Gasteiger partial charge in [-0.05, 0) is 42.5 Å². The van der Waals surface area contributed by atoms with E-state index in [2.05, 4.69) is 30.0 Å². The van der Waals surface area contributed by atoms with Crippen LogP contribution >= 0.6 is 0 Å². The molecule has 0 aliphatic rings. The van der Waals surface area contributed by atoms with Crippen LogP contribution in [0.1, 0.15) is 10.5 Å². The van der Waals surface area contributed by atoms with E-state index in [4.69, 9.17) is 0 Å². The first-order valence-electron chi connectivity index (χ1n) is 8.44. The Hall–Kier alpha value is -3.92. The molecular formula is C19H14N6O3S. The van der Waals surface area contributed by atoms with Gasteiger partial charge in [-0.25, -0.2) is 28.1 Å². The van der Waals surface area contributed by atoms with Gasteiger partial charge in [-0.3, -0.25) is 9.78 Å². The van der Waals surface area contributed by atoms with Gasteiger partial charge in [-0.15, -0.1) is 0 Å². The zero-order valence-corrected chi connectivity index (χ0v) is 15.7. The average Bonchev–Trinajstić information content (AvgIpc) is 2.74. The van der Waals surface area contributed by atoms with Crippen LogP contribution in [-0.2, 0) is 10.0 Å². The number of para-hydroxylation sites is 2. The molecule has 0 saturated carbocycles. The van der Waals surface area contributed by atoms with Crippen LogP contribution in [0.2, 0.25) is 0 Å². The van der Waals surface area contributed by atoms with Crippen LogP contribution in [0, 0.1) is 0 Å². The highest BCUT2D eigenvalue weighted by Gasteiger charge is 2.16. The van der Waals surface area contributed by atoms with Gasteiger partial charge in [0, 0.05) is 18.1 Å². The third-order valence-electron chi connectivity index (χ3n) is 3.90. The normalized spacial score (nSPS) is 11.2. The molecule has 0 fully saturated rings. The molecule has 1 amide bonds. The Morgan fingerprint density at radius 1 is 0.828 bits per heavy atom. The van der Waals surface area contributed by atoms with Gasteiger partial charge >= 0.3 is 0 Å². The van der Waals surface area contributed by atoms with E-state index in [-0.39, 0.29) is 16.5 Å². The second-order valence-corrected chi connectivity index (χ2v) is 7.58. The quantitative estimate of drug-likeness (QED) is 0.521. The summed E-state index contributed by atoms with van der Waals surface area (Å²) in [4.78, 5) is 28.6. The summed E-state index contributed by atoms with van der Waals surface area (Å²) in [6, 6.07) is 14.5. The molecule has 10 heteroatoms. The molecule has 0 radical (unpaired) electrons. The predicted octanol–water partition coefficient (Wildman–Crippen LogP) is 2.47. The molecule has 0 spiro atoms. The number of nitrogens with zero attached hydrogens (tertiary/aromatic N) is 4. The number of amides is 1. The molecule has 0 aliphatic heterocycles. The Bertz CT molecular complexity index is 1280. The number of fused-ring (bicyclic) bond motifs is 1. The minimum absolute atomic E-state index is 0.00782. The van der Waals surface area contributed by atoms with Gasteiger partial charge in [0.1, 0.15) is 5.69 Å². The molecule has 9 nitrogen and oxygen atoms in total. The van der Waals surface area contributed by atoms with Crippen LogP contribution in [-0.4, -0.2) is 34.3 Å². The number of hydrogen-bond donors (Lipinski definition) is 2. The first-order chi connectivity index (χ1) is 14.0. The lowest BCUT2D eigenvalue weighted by atomic mass is 10.3. The van der Waals surface area contributed by atoms with Crippen LogP contribution in [0.5, 0.6) is 0 Å². The molecule has 2 aromatic heterocycles. The summed E-state index contributed by atoms with van der Waals surface area (Å²) in [7, 11) is -3.85. The highest BCUT2D eigenvalue weighted by Crippen LogP contribution is 2.17. The third kappa shape index (κ3) is 4.17. The summed E-state index contributed by atoms with van der Waals surface area (Å²) in [6.45, 7) is 0. The smallest absolute Gasteiger partial charge is 0.275 e. The first-order valence-corrected chi connectivity index (χ1v) is 9.93. The van der Waals surface area contributed by atoms with Crippen molar-refractivity contribution in [3.05, 3.63) is 78.9 Å². The molecule has 2 N–H and O–H groups in total. The van der Waals surface area contributed by atoms with Crippen molar-refractivity contribution >= 4 is 38.6 Å². The number of sulfonamides is 1. The average molecular weight is 406 g/mol. The molecule has 0 bridgehead atoms. The summed E-state index contributed by atoms with van der Waals surface area (Å²) in [6.07, 6.45) is 4.25. The van der Waals surface area contributed by atoms with Crippen LogP contribution in [0.4, 0.5) is 11.6 Å². The Morgan fingerprint density at radius 3 is 2.24 bits per heavy atom. The molecule has 4 aromatic rings. The Balaban J connectivity index is 1.49. The number of rotatable bonds is 5. The predicted molar refractivity (Wildman–Crippen MR) is 107 cm³/mol. The van der Waals surface area contributed by atoms with Crippen LogP contribution in [0.3, 0.4) is 0 Å². The van der Waals surface area contributed by atoms with Crippen LogP contribution < -0.4 is 10.0 Å². The van der Waals surface area contributed by atoms with Gasteiger partial charge in [0.2, 0.25) is 5.95 Å². The molecule has 2 aromatic carbocycles. The lowest BCUT2D eigenvalue weighted by Crippen LogP contribution is -2.16. The number of carbonyl (C=O) groups excluding carboxylic acids is 1. The fourth-order valence-electron chi connectivity index (χ4n) is 2.51. The summed E-state index contributed by atoms with van der Waals surface area (Å²) in [5.41, 5.74) is 1.87. The molecule has 29 heavy (non-hydrogen) atoms. The minimum Gasteiger partial charge on any atom is -0.321 e. The third-order valence-corrected chi connectivity index (χ3v) is 5.24. The van der Waals surface area contributed by atoms with Crippen molar-refractivity contribution in [2.75, 3.05) is 10.0 Å². The van der Waals surface area contributed by atoms with Gasteiger partial charge < -0.3 is 5.32 Å². The van der Waals surface area contributed by atoms with E-state index in [1.807, 2.05) is 12.1 Å². The first kappa shape index (κ1) is 18.4. The standard InChI is InChI=1S/C19H14N6O3S/c26-18(17-12-22-15-4-1-2-5-16(15)24-17)23-13-6-8-14(9-7-13)29(27,28)25-19-20-10-3-11-21-19/h1-12H,(H,23,26)(H,20,21,25). The number of carbonyl (C=O) groups is 1. The van der Waals surface area contributed by atoms with Crippen molar-refractivity contribution in [1.29, 1.82) is 0 Å². The van der Waals surface area contributed by atoms with E-state index in [9.17, 15) is 13.2 Å². The lowest BCUT2D eigenvalue weighted by molar-refractivity contribution is 0.102. The zero-order chi connectivity index (χ0) is 20.3. The lowest BCUT2D eigenvalue weighted by Gasteiger charge is -2.08. The summed E-state index contributed by atoms with van der Waals surface area (Å²) in [5, 5.41) is 2.67. The fourth-order valence-corrected chi connectivity index (χ4v) is 3.47. The van der Waals surface area contributed by atoms with Gasteiger partial charge in [0.25, 0.3) is 15.9 Å². The molecule has 0 unspecified atom stereocenters. The number of benzene rings is 2. The van der Waals surface area contributed by atoms with E-state index in [0.717, 1.165) is 0 Å². The maximum atomic E-state index is 12.4. The zero-order valence-electron chi connectivity index (χ0n) is 14.9. The van der Waals surface area contributed by atoms with Gasteiger partial charge in [0.05, 0.1) is 22.1 Å². The Kier molecular flexibility index (Phi) is 4.83. The van der Waals surface area contributed by atoms with Gasteiger partial charge in [-0.2, -0.15) is 0 Å². The minimum atomic E-state index is -3.85. The number of anilines is 2. The summed E-state index contributed by atoms with van der Waals surface area (Å²) in [5.74, 6) is -0.477. The maximum Gasteiger partial charge on any atom is 0.275 e. The van der Waals surface area contributed by atoms with Crippen LogP contribution in [0.15, 0.2) is 78.1 Å². The SMILES string of the molecule is O=C(Nc1ccc(S(=O)(=O)Nc2ncccn2)cc1)c1cnc2ccccc2n1. The molecule has 2 heterocycles. The molecule has 0 aliphatic carbocycles. The molecule has 4 rings (SSSR count). The number of nitrogens with one attached hydrogen (secondary N) is 2.